The Kier molecular flexibility index (Phi) is 2.70. The van der Waals surface area contributed by atoms with Crippen molar-refractivity contribution in [2.45, 2.75) is 63.4 Å². The Morgan fingerprint density at radius 2 is 1.94 bits per heavy atom. The van der Waals surface area contributed by atoms with Gasteiger partial charge in [-0.2, -0.15) is 0 Å². The number of nitrogens with two attached hydrogens (primary N) is 1. The zero-order chi connectivity index (χ0) is 11.0. The number of rotatable bonds is 1. The Balaban J connectivity index is 1.72. The Bertz CT molecular complexity index is 296. The average molecular weight is 221 g/mol. The molecule has 3 aliphatic rings. The third kappa shape index (κ3) is 1.77. The first kappa shape index (κ1) is 10.6. The Hall–Kier alpha value is -0.500. The van der Waals surface area contributed by atoms with E-state index < -0.39 is 0 Å². The lowest BCUT2D eigenvalue weighted by Gasteiger charge is -2.39. The maximum Gasteiger partial charge on any atom is 0.0689 e. The molecule has 2 nitrogen and oxygen atoms in total. The molecule has 0 bridgehead atoms. The molecule has 1 spiro atoms. The molecule has 3 rings (SSSR count). The van der Waals surface area contributed by atoms with Crippen molar-refractivity contribution in [2.75, 3.05) is 6.61 Å². The summed E-state index contributed by atoms with van der Waals surface area (Å²) in [6.07, 6.45) is 11.5. The number of ether oxygens (including phenoxy) is 1. The highest BCUT2D eigenvalue weighted by Crippen LogP contribution is 2.44. The molecule has 1 atom stereocenters. The monoisotopic (exact) mass is 221 g/mol. The lowest BCUT2D eigenvalue weighted by molar-refractivity contribution is -0.0873. The lowest BCUT2D eigenvalue weighted by Crippen LogP contribution is -2.39. The maximum atomic E-state index is 6.33. The van der Waals surface area contributed by atoms with Crippen molar-refractivity contribution in [3.8, 4) is 0 Å². The molecular formula is C14H23NO. The van der Waals surface area contributed by atoms with Gasteiger partial charge in [0.05, 0.1) is 5.60 Å². The topological polar surface area (TPSA) is 35.2 Å². The van der Waals surface area contributed by atoms with Crippen molar-refractivity contribution in [3.63, 3.8) is 0 Å². The van der Waals surface area contributed by atoms with Crippen LogP contribution in [0.5, 0.6) is 0 Å². The number of hydrogen-bond acceptors (Lipinski definition) is 2. The van der Waals surface area contributed by atoms with Gasteiger partial charge in [-0.15, -0.1) is 0 Å². The SMILES string of the molecule is NC(=C1CCC1)C1CCOC2(CCCC2)C1. The predicted octanol–water partition coefficient (Wildman–Crippen LogP) is 3.12. The molecule has 1 saturated heterocycles. The fourth-order valence-electron chi connectivity index (χ4n) is 3.59. The summed E-state index contributed by atoms with van der Waals surface area (Å²) in [6.45, 7) is 0.929. The van der Waals surface area contributed by atoms with E-state index in [0.717, 1.165) is 13.0 Å². The van der Waals surface area contributed by atoms with Gasteiger partial charge in [0.2, 0.25) is 0 Å². The minimum absolute atomic E-state index is 0.220. The third-order valence-electron chi connectivity index (χ3n) is 4.81. The zero-order valence-electron chi connectivity index (χ0n) is 10.1. The van der Waals surface area contributed by atoms with Crippen LogP contribution in [0.25, 0.3) is 0 Å². The Labute approximate surface area is 98.2 Å². The van der Waals surface area contributed by atoms with Crippen LogP contribution >= 0.6 is 0 Å². The van der Waals surface area contributed by atoms with Crippen LogP contribution in [0.4, 0.5) is 0 Å². The van der Waals surface area contributed by atoms with Crippen molar-refractivity contribution in [1.82, 2.24) is 0 Å². The molecule has 2 saturated carbocycles. The number of allylic oxidation sites excluding steroid dienone is 2. The molecule has 3 fully saturated rings. The first-order valence-corrected chi connectivity index (χ1v) is 6.90. The van der Waals surface area contributed by atoms with Crippen LogP contribution in [-0.2, 0) is 4.74 Å². The smallest absolute Gasteiger partial charge is 0.0689 e. The molecule has 0 aromatic heterocycles. The highest BCUT2D eigenvalue weighted by molar-refractivity contribution is 5.20. The molecule has 90 valence electrons. The molecule has 16 heavy (non-hydrogen) atoms. The summed E-state index contributed by atoms with van der Waals surface area (Å²) in [5, 5.41) is 0. The largest absolute Gasteiger partial charge is 0.402 e. The van der Waals surface area contributed by atoms with E-state index in [-0.39, 0.29) is 5.60 Å². The van der Waals surface area contributed by atoms with Gasteiger partial charge in [-0.25, -0.2) is 0 Å². The van der Waals surface area contributed by atoms with E-state index in [2.05, 4.69) is 0 Å². The second-order valence-corrected chi connectivity index (χ2v) is 5.84. The number of hydrogen-bond donors (Lipinski definition) is 1. The van der Waals surface area contributed by atoms with Gasteiger partial charge < -0.3 is 10.5 Å². The van der Waals surface area contributed by atoms with Crippen molar-refractivity contribution < 1.29 is 4.74 Å². The minimum atomic E-state index is 0.220. The third-order valence-corrected chi connectivity index (χ3v) is 4.81. The first-order valence-electron chi connectivity index (χ1n) is 6.90. The van der Waals surface area contributed by atoms with Gasteiger partial charge in [-0.3, -0.25) is 0 Å². The predicted molar refractivity (Wildman–Crippen MR) is 64.9 cm³/mol. The second kappa shape index (κ2) is 4.06. The van der Waals surface area contributed by atoms with Gasteiger partial charge in [0.15, 0.2) is 0 Å². The molecule has 2 N–H and O–H groups in total. The van der Waals surface area contributed by atoms with Gasteiger partial charge in [0, 0.05) is 18.2 Å². The van der Waals surface area contributed by atoms with Crippen LogP contribution in [0, 0.1) is 5.92 Å². The van der Waals surface area contributed by atoms with Gasteiger partial charge in [-0.1, -0.05) is 18.4 Å². The molecule has 1 aliphatic heterocycles. The van der Waals surface area contributed by atoms with E-state index in [9.17, 15) is 0 Å². The molecule has 2 heteroatoms. The van der Waals surface area contributed by atoms with Crippen molar-refractivity contribution in [3.05, 3.63) is 11.3 Å². The van der Waals surface area contributed by atoms with Gasteiger partial charge in [0.25, 0.3) is 0 Å². The molecule has 2 aliphatic carbocycles. The molecular weight excluding hydrogens is 198 g/mol. The Morgan fingerprint density at radius 1 is 1.19 bits per heavy atom. The summed E-state index contributed by atoms with van der Waals surface area (Å²) >= 11 is 0. The van der Waals surface area contributed by atoms with Crippen LogP contribution in [-0.4, -0.2) is 12.2 Å². The average Bonchev–Trinajstić information content (AvgIpc) is 2.64. The van der Waals surface area contributed by atoms with Crippen molar-refractivity contribution >= 4 is 0 Å². The van der Waals surface area contributed by atoms with Crippen LogP contribution in [0.2, 0.25) is 0 Å². The lowest BCUT2D eigenvalue weighted by atomic mass is 9.78. The summed E-state index contributed by atoms with van der Waals surface area (Å²) in [4.78, 5) is 0. The summed E-state index contributed by atoms with van der Waals surface area (Å²) in [5.41, 5.74) is 9.34. The molecule has 0 aromatic carbocycles. The first-order chi connectivity index (χ1) is 7.79. The van der Waals surface area contributed by atoms with E-state index in [1.165, 1.54) is 57.1 Å². The maximum absolute atomic E-state index is 6.33. The van der Waals surface area contributed by atoms with Crippen molar-refractivity contribution in [1.29, 1.82) is 0 Å². The van der Waals surface area contributed by atoms with E-state index in [0.29, 0.717) is 5.92 Å². The highest BCUT2D eigenvalue weighted by atomic mass is 16.5. The van der Waals surface area contributed by atoms with Gasteiger partial charge >= 0.3 is 0 Å². The summed E-state index contributed by atoms with van der Waals surface area (Å²) in [5.74, 6) is 0.627. The molecule has 0 amide bonds. The fraction of sp³-hybridized carbons (Fsp3) is 0.857. The second-order valence-electron chi connectivity index (χ2n) is 5.84. The van der Waals surface area contributed by atoms with Crippen LogP contribution < -0.4 is 5.73 Å². The zero-order valence-corrected chi connectivity index (χ0v) is 10.1. The van der Waals surface area contributed by atoms with Gasteiger partial charge in [0.1, 0.15) is 0 Å². The standard InChI is InChI=1S/C14H23NO/c15-13(11-4-3-5-11)12-6-9-16-14(10-12)7-1-2-8-14/h12H,1-10,15H2. The van der Waals surface area contributed by atoms with Crippen LogP contribution in [0.3, 0.4) is 0 Å². The van der Waals surface area contributed by atoms with E-state index in [1.807, 2.05) is 0 Å². The Morgan fingerprint density at radius 3 is 2.56 bits per heavy atom. The van der Waals surface area contributed by atoms with Crippen molar-refractivity contribution in [2.24, 2.45) is 11.7 Å². The highest BCUT2D eigenvalue weighted by Gasteiger charge is 2.40. The summed E-state index contributed by atoms with van der Waals surface area (Å²) in [7, 11) is 0. The van der Waals surface area contributed by atoms with Gasteiger partial charge in [-0.05, 0) is 44.9 Å². The molecule has 0 aromatic rings. The van der Waals surface area contributed by atoms with Crippen LogP contribution in [0.1, 0.15) is 57.8 Å². The molecule has 1 heterocycles. The normalized spacial score (nSPS) is 32.8. The molecule has 0 radical (unpaired) electrons. The summed E-state index contributed by atoms with van der Waals surface area (Å²) in [6, 6.07) is 0. The van der Waals surface area contributed by atoms with E-state index in [1.54, 1.807) is 5.57 Å². The summed E-state index contributed by atoms with van der Waals surface area (Å²) < 4.78 is 6.06. The molecule has 1 unspecified atom stereocenters. The quantitative estimate of drug-likeness (QED) is 0.738. The van der Waals surface area contributed by atoms with E-state index in [4.69, 9.17) is 10.5 Å². The minimum Gasteiger partial charge on any atom is -0.402 e. The fourth-order valence-corrected chi connectivity index (χ4v) is 3.59. The van der Waals surface area contributed by atoms with Crippen LogP contribution in [0.15, 0.2) is 11.3 Å². The van der Waals surface area contributed by atoms with E-state index >= 15 is 0 Å².